The highest BCUT2D eigenvalue weighted by molar-refractivity contribution is 5.07. The predicted molar refractivity (Wildman–Crippen MR) is 137 cm³/mol. The Labute approximate surface area is 191 Å². The molecule has 0 aromatic rings. The van der Waals surface area contributed by atoms with Gasteiger partial charge in [0.15, 0.2) is 0 Å². The standard InChI is InChI=1S/C28H45NO2/c1-24(2)14-11-18-28(6)22-13-20-26(4)16-8-7-15-25(3)19-12-21-27(5)17-9-10-23-29(30)31/h10,14-16,21-23H,7-9,11-13,17-20H2,1-6H3/b23-10+,25-15+,26-16+,27-21+,28-22+. The van der Waals surface area contributed by atoms with Crippen LogP contribution < -0.4 is 0 Å². The maximum Gasteiger partial charge on any atom is 0.230 e. The summed E-state index contributed by atoms with van der Waals surface area (Å²) in [4.78, 5) is 9.84. The van der Waals surface area contributed by atoms with Crippen LogP contribution in [0.15, 0.2) is 70.5 Å². The Hall–Kier alpha value is -2.16. The molecule has 3 heteroatoms. The molecule has 0 aliphatic carbocycles. The molecule has 3 nitrogen and oxygen atoms in total. The molecular weight excluding hydrogens is 382 g/mol. The molecular formula is C28H45NO2. The van der Waals surface area contributed by atoms with Crippen LogP contribution in [0.5, 0.6) is 0 Å². The van der Waals surface area contributed by atoms with Gasteiger partial charge in [0, 0.05) is 0 Å². The molecule has 0 aliphatic rings. The predicted octanol–water partition coefficient (Wildman–Crippen LogP) is 9.43. The number of allylic oxidation sites excluding steroid dienone is 11. The monoisotopic (exact) mass is 427 g/mol. The van der Waals surface area contributed by atoms with Crippen molar-refractivity contribution < 1.29 is 4.92 Å². The van der Waals surface area contributed by atoms with Crippen molar-refractivity contribution in [3.63, 3.8) is 0 Å². The lowest BCUT2D eigenvalue weighted by Crippen LogP contribution is -1.83. The Morgan fingerprint density at radius 3 is 1.32 bits per heavy atom. The van der Waals surface area contributed by atoms with Gasteiger partial charge in [0.25, 0.3) is 0 Å². The highest BCUT2D eigenvalue weighted by Crippen LogP contribution is 2.14. The van der Waals surface area contributed by atoms with Gasteiger partial charge in [0.05, 0.1) is 4.92 Å². The molecule has 0 aromatic carbocycles. The van der Waals surface area contributed by atoms with Crippen LogP contribution in [-0.4, -0.2) is 4.92 Å². The van der Waals surface area contributed by atoms with Crippen molar-refractivity contribution in [2.24, 2.45) is 0 Å². The number of rotatable bonds is 16. The van der Waals surface area contributed by atoms with E-state index in [9.17, 15) is 10.1 Å². The van der Waals surface area contributed by atoms with E-state index in [0.29, 0.717) is 0 Å². The molecule has 0 saturated carbocycles. The molecule has 0 heterocycles. The van der Waals surface area contributed by atoms with Gasteiger partial charge in [-0.1, -0.05) is 58.2 Å². The molecule has 0 unspecified atom stereocenters. The fourth-order valence-corrected chi connectivity index (χ4v) is 3.22. The van der Waals surface area contributed by atoms with Crippen LogP contribution in [0.4, 0.5) is 0 Å². The maximum atomic E-state index is 10.2. The third-order valence-electron chi connectivity index (χ3n) is 5.24. The van der Waals surface area contributed by atoms with Gasteiger partial charge in [-0.15, -0.1) is 0 Å². The third kappa shape index (κ3) is 20.9. The second kappa shape index (κ2) is 18.6. The minimum Gasteiger partial charge on any atom is -0.259 e. The van der Waals surface area contributed by atoms with Crippen molar-refractivity contribution in [2.45, 2.75) is 106 Å². The smallest absolute Gasteiger partial charge is 0.230 e. The topological polar surface area (TPSA) is 43.1 Å². The second-order valence-corrected chi connectivity index (χ2v) is 8.89. The summed E-state index contributed by atoms with van der Waals surface area (Å²) in [5, 5.41) is 10.2. The summed E-state index contributed by atoms with van der Waals surface area (Å²) in [5.41, 5.74) is 7.15. The lowest BCUT2D eigenvalue weighted by atomic mass is 10.0. The molecule has 0 aliphatic heterocycles. The molecule has 0 N–H and O–H groups in total. The highest BCUT2D eigenvalue weighted by atomic mass is 16.6. The largest absolute Gasteiger partial charge is 0.259 e. The highest BCUT2D eigenvalue weighted by Gasteiger charge is 1.94. The van der Waals surface area contributed by atoms with Gasteiger partial charge < -0.3 is 0 Å². The zero-order valence-corrected chi connectivity index (χ0v) is 20.9. The van der Waals surface area contributed by atoms with E-state index in [2.05, 4.69) is 71.9 Å². The number of unbranched alkanes of at least 4 members (excludes halogenated alkanes) is 1. The van der Waals surface area contributed by atoms with E-state index >= 15 is 0 Å². The van der Waals surface area contributed by atoms with E-state index < -0.39 is 4.92 Å². The van der Waals surface area contributed by atoms with Gasteiger partial charge in [-0.25, -0.2) is 0 Å². The summed E-state index contributed by atoms with van der Waals surface area (Å²) >= 11 is 0. The summed E-state index contributed by atoms with van der Waals surface area (Å²) < 4.78 is 0. The Morgan fingerprint density at radius 1 is 0.581 bits per heavy atom. The van der Waals surface area contributed by atoms with Crippen LogP contribution in [0.1, 0.15) is 106 Å². The van der Waals surface area contributed by atoms with Crippen LogP contribution in [0.3, 0.4) is 0 Å². The number of nitrogens with zero attached hydrogens (tertiary/aromatic N) is 1. The first-order chi connectivity index (χ1) is 14.7. The van der Waals surface area contributed by atoms with Crippen LogP contribution in [-0.2, 0) is 0 Å². The molecule has 31 heavy (non-hydrogen) atoms. The van der Waals surface area contributed by atoms with Crippen LogP contribution in [0.2, 0.25) is 0 Å². The first-order valence-corrected chi connectivity index (χ1v) is 11.8. The molecule has 0 radical (unpaired) electrons. The number of nitro groups is 1. The minimum absolute atomic E-state index is 0.407. The van der Waals surface area contributed by atoms with E-state index in [1.165, 1.54) is 34.3 Å². The molecule has 0 bridgehead atoms. The molecule has 0 amide bonds. The fourth-order valence-electron chi connectivity index (χ4n) is 3.22. The normalized spacial score (nSPS) is 13.7. The second-order valence-electron chi connectivity index (χ2n) is 8.89. The molecule has 0 saturated heterocycles. The Kier molecular flexibility index (Phi) is 17.3. The summed E-state index contributed by atoms with van der Waals surface area (Å²) in [6, 6.07) is 0. The summed E-state index contributed by atoms with van der Waals surface area (Å²) in [6.45, 7) is 13.1. The van der Waals surface area contributed by atoms with Crippen LogP contribution >= 0.6 is 0 Å². The molecule has 0 spiro atoms. The zero-order valence-electron chi connectivity index (χ0n) is 20.9. The third-order valence-corrected chi connectivity index (χ3v) is 5.24. The average molecular weight is 428 g/mol. The maximum absolute atomic E-state index is 10.2. The van der Waals surface area contributed by atoms with Crippen molar-refractivity contribution in [3.8, 4) is 0 Å². The van der Waals surface area contributed by atoms with E-state index in [-0.39, 0.29) is 0 Å². The van der Waals surface area contributed by atoms with Gasteiger partial charge in [0.2, 0.25) is 6.20 Å². The van der Waals surface area contributed by atoms with Crippen molar-refractivity contribution in [1.82, 2.24) is 0 Å². The molecule has 174 valence electrons. The SMILES string of the molecule is CC(C)=CCC/C(C)=C/CC/C(C)=C/CC/C=C(\C)CC/C=C(\C)CC/C=C/[N+](=O)[O-]. The van der Waals surface area contributed by atoms with E-state index in [1.807, 2.05) is 0 Å². The lowest BCUT2D eigenvalue weighted by Gasteiger charge is -2.02. The lowest BCUT2D eigenvalue weighted by molar-refractivity contribution is -0.402. The van der Waals surface area contributed by atoms with Crippen molar-refractivity contribution in [3.05, 3.63) is 80.6 Å². The van der Waals surface area contributed by atoms with Crippen molar-refractivity contribution in [2.75, 3.05) is 0 Å². The number of hydrogen-bond donors (Lipinski definition) is 0. The Morgan fingerprint density at radius 2 is 0.935 bits per heavy atom. The van der Waals surface area contributed by atoms with Crippen LogP contribution in [0.25, 0.3) is 0 Å². The van der Waals surface area contributed by atoms with E-state index in [0.717, 1.165) is 64.0 Å². The molecule has 0 rings (SSSR count). The van der Waals surface area contributed by atoms with Gasteiger partial charge in [0.1, 0.15) is 0 Å². The van der Waals surface area contributed by atoms with Crippen LogP contribution in [0, 0.1) is 10.1 Å². The molecule has 0 aromatic heterocycles. The first kappa shape index (κ1) is 28.8. The van der Waals surface area contributed by atoms with Crippen molar-refractivity contribution >= 4 is 0 Å². The Bertz CT molecular complexity index is 699. The van der Waals surface area contributed by atoms with Gasteiger partial charge >= 0.3 is 0 Å². The summed E-state index contributed by atoms with van der Waals surface area (Å²) in [5.74, 6) is 0. The first-order valence-electron chi connectivity index (χ1n) is 11.8. The van der Waals surface area contributed by atoms with E-state index in [1.54, 1.807) is 6.08 Å². The van der Waals surface area contributed by atoms with E-state index in [4.69, 9.17) is 0 Å². The van der Waals surface area contributed by atoms with Gasteiger partial charge in [-0.3, -0.25) is 10.1 Å². The minimum atomic E-state index is -0.407. The molecule has 0 atom stereocenters. The van der Waals surface area contributed by atoms with Crippen molar-refractivity contribution in [1.29, 1.82) is 0 Å². The van der Waals surface area contributed by atoms with Gasteiger partial charge in [-0.05, 0) is 112 Å². The summed E-state index contributed by atoms with van der Waals surface area (Å²) in [7, 11) is 0. The fraction of sp³-hybridized carbons (Fsp3) is 0.571. The number of hydrogen-bond acceptors (Lipinski definition) is 2. The zero-order chi connectivity index (χ0) is 23.5. The Balaban J connectivity index is 4.05. The summed E-state index contributed by atoms with van der Waals surface area (Å²) in [6.07, 6.45) is 25.0. The quantitative estimate of drug-likeness (QED) is 0.106. The van der Waals surface area contributed by atoms with Gasteiger partial charge in [-0.2, -0.15) is 0 Å². The average Bonchev–Trinajstić information content (AvgIpc) is 2.68. The molecule has 0 fully saturated rings.